The largest absolute Gasteiger partial charge is 0.493 e. The van der Waals surface area contributed by atoms with Gasteiger partial charge in [0.2, 0.25) is 0 Å². The van der Waals surface area contributed by atoms with E-state index in [0.717, 1.165) is 35.9 Å². The zero-order valence-electron chi connectivity index (χ0n) is 15.2. The normalized spacial score (nSPS) is 16.6. The highest BCUT2D eigenvalue weighted by atomic mass is 19.2. The Balaban J connectivity index is 1.58. The molecule has 2 aromatic rings. The van der Waals surface area contributed by atoms with Crippen LogP contribution in [0.15, 0.2) is 41.4 Å². The van der Waals surface area contributed by atoms with Crippen LogP contribution < -0.4 is 9.47 Å². The zero-order valence-corrected chi connectivity index (χ0v) is 15.2. The van der Waals surface area contributed by atoms with Crippen molar-refractivity contribution < 1.29 is 18.3 Å². The molecule has 5 heteroatoms. The number of para-hydroxylation sites is 1. The third-order valence-corrected chi connectivity index (χ3v) is 5.03. The van der Waals surface area contributed by atoms with Gasteiger partial charge in [-0.2, -0.15) is 0 Å². The lowest BCUT2D eigenvalue weighted by Crippen LogP contribution is -2.12. The Labute approximate surface area is 157 Å². The summed E-state index contributed by atoms with van der Waals surface area (Å²) in [5.74, 6) is -0.279. The van der Waals surface area contributed by atoms with Crippen LogP contribution in [0.5, 0.6) is 11.5 Å². The van der Waals surface area contributed by atoms with Crippen molar-refractivity contribution in [1.82, 2.24) is 0 Å². The van der Waals surface area contributed by atoms with E-state index in [2.05, 4.69) is 4.99 Å². The first-order valence-corrected chi connectivity index (χ1v) is 9.21. The fourth-order valence-corrected chi connectivity index (χ4v) is 3.62. The highest BCUT2D eigenvalue weighted by molar-refractivity contribution is 6.04. The van der Waals surface area contributed by atoms with Gasteiger partial charge in [0.15, 0.2) is 23.1 Å². The third kappa shape index (κ3) is 3.72. The van der Waals surface area contributed by atoms with Crippen LogP contribution in [0.2, 0.25) is 0 Å². The molecular formula is C22H21F2NO2. The number of rotatable bonds is 5. The summed E-state index contributed by atoms with van der Waals surface area (Å²) in [6.45, 7) is 0. The SMILES string of the molecule is COc1cccc(/C=C/C2=Nc3cc(F)c(F)cc3C2)c1OC1CCCC1. The minimum Gasteiger partial charge on any atom is -0.493 e. The minimum atomic E-state index is -0.872. The number of fused-ring (bicyclic) bond motifs is 1. The quantitative estimate of drug-likeness (QED) is 0.683. The van der Waals surface area contributed by atoms with Crippen LogP contribution in [0, 0.1) is 11.6 Å². The van der Waals surface area contributed by atoms with Gasteiger partial charge in [0.1, 0.15) is 0 Å². The molecule has 1 heterocycles. The van der Waals surface area contributed by atoms with Gasteiger partial charge in [0.25, 0.3) is 0 Å². The number of benzene rings is 2. The van der Waals surface area contributed by atoms with Crippen LogP contribution >= 0.6 is 0 Å². The Kier molecular flexibility index (Phi) is 4.92. The molecule has 0 spiro atoms. The summed E-state index contributed by atoms with van der Waals surface area (Å²) < 4.78 is 38.5. The maximum atomic E-state index is 13.4. The highest BCUT2D eigenvalue weighted by Crippen LogP contribution is 2.36. The van der Waals surface area contributed by atoms with E-state index in [0.29, 0.717) is 23.4 Å². The first kappa shape index (κ1) is 17.7. The predicted octanol–water partition coefficient (Wildman–Crippen LogP) is 5.64. The van der Waals surface area contributed by atoms with Crippen molar-refractivity contribution in [3.05, 3.63) is 59.2 Å². The molecule has 27 heavy (non-hydrogen) atoms. The summed E-state index contributed by atoms with van der Waals surface area (Å²) in [4.78, 5) is 4.40. The molecule has 140 valence electrons. The first-order chi connectivity index (χ1) is 13.1. The molecule has 1 fully saturated rings. The van der Waals surface area contributed by atoms with E-state index in [1.165, 1.54) is 18.9 Å². The molecule has 4 rings (SSSR count). The van der Waals surface area contributed by atoms with Crippen molar-refractivity contribution in [2.24, 2.45) is 4.99 Å². The number of nitrogens with zero attached hydrogens (tertiary/aromatic N) is 1. The van der Waals surface area contributed by atoms with Gasteiger partial charge in [0.05, 0.1) is 18.9 Å². The Morgan fingerprint density at radius 2 is 1.85 bits per heavy atom. The summed E-state index contributed by atoms with van der Waals surface area (Å²) in [5, 5.41) is 0. The van der Waals surface area contributed by atoms with Gasteiger partial charge < -0.3 is 9.47 Å². The van der Waals surface area contributed by atoms with Crippen LogP contribution in [-0.4, -0.2) is 18.9 Å². The van der Waals surface area contributed by atoms with Gasteiger partial charge in [-0.3, -0.25) is 4.99 Å². The summed E-state index contributed by atoms with van der Waals surface area (Å²) in [5.41, 5.74) is 2.84. The number of aliphatic imine (C=N–C) groups is 1. The maximum Gasteiger partial charge on any atom is 0.168 e. The molecule has 0 aromatic heterocycles. The van der Waals surface area contributed by atoms with Crippen molar-refractivity contribution in [2.45, 2.75) is 38.2 Å². The lowest BCUT2D eigenvalue weighted by molar-refractivity contribution is 0.200. The molecule has 0 radical (unpaired) electrons. The Morgan fingerprint density at radius 1 is 1.07 bits per heavy atom. The van der Waals surface area contributed by atoms with E-state index in [4.69, 9.17) is 9.47 Å². The van der Waals surface area contributed by atoms with Crippen LogP contribution in [0.25, 0.3) is 6.08 Å². The minimum absolute atomic E-state index is 0.215. The average molecular weight is 369 g/mol. The molecule has 0 amide bonds. The van der Waals surface area contributed by atoms with Crippen LogP contribution in [0.3, 0.4) is 0 Å². The van der Waals surface area contributed by atoms with E-state index in [1.54, 1.807) is 7.11 Å². The van der Waals surface area contributed by atoms with Gasteiger partial charge in [-0.15, -0.1) is 0 Å². The van der Waals surface area contributed by atoms with Crippen molar-refractivity contribution in [2.75, 3.05) is 7.11 Å². The van der Waals surface area contributed by atoms with E-state index in [-0.39, 0.29) is 6.10 Å². The second-order valence-corrected chi connectivity index (χ2v) is 6.91. The van der Waals surface area contributed by atoms with E-state index in [1.807, 2.05) is 30.4 Å². The van der Waals surface area contributed by atoms with Gasteiger partial charge in [-0.25, -0.2) is 8.78 Å². The molecule has 2 aliphatic rings. The fraction of sp³-hybridized carbons (Fsp3) is 0.318. The maximum absolute atomic E-state index is 13.4. The predicted molar refractivity (Wildman–Crippen MR) is 102 cm³/mol. The number of hydrogen-bond acceptors (Lipinski definition) is 3. The molecule has 2 aromatic carbocycles. The fourth-order valence-electron chi connectivity index (χ4n) is 3.62. The molecule has 0 bridgehead atoms. The molecule has 0 atom stereocenters. The van der Waals surface area contributed by atoms with Crippen LogP contribution in [-0.2, 0) is 6.42 Å². The molecule has 0 N–H and O–H groups in total. The second kappa shape index (κ2) is 7.51. The first-order valence-electron chi connectivity index (χ1n) is 9.21. The van der Waals surface area contributed by atoms with Gasteiger partial charge >= 0.3 is 0 Å². The lowest BCUT2D eigenvalue weighted by Gasteiger charge is -2.18. The van der Waals surface area contributed by atoms with Crippen molar-refractivity contribution >= 4 is 17.5 Å². The van der Waals surface area contributed by atoms with E-state index in [9.17, 15) is 8.78 Å². The standard InChI is InChI=1S/C22H21F2NO2/c1-26-21-8-4-5-14(22(21)27-17-6-2-3-7-17)9-10-16-11-15-12-18(23)19(24)13-20(15)25-16/h4-5,8-10,12-13,17H,2-3,6-7,11H2,1H3/b10-9+. The smallest absolute Gasteiger partial charge is 0.168 e. The molecule has 1 aliphatic heterocycles. The van der Waals surface area contributed by atoms with Crippen molar-refractivity contribution in [1.29, 1.82) is 0 Å². The lowest BCUT2D eigenvalue weighted by atomic mass is 10.1. The number of halogens is 2. The summed E-state index contributed by atoms with van der Waals surface area (Å²) in [6, 6.07) is 8.12. The Bertz CT molecular complexity index is 915. The van der Waals surface area contributed by atoms with Crippen LogP contribution in [0.1, 0.15) is 36.8 Å². The molecule has 0 saturated heterocycles. The highest BCUT2D eigenvalue weighted by Gasteiger charge is 2.20. The molecular weight excluding hydrogens is 348 g/mol. The van der Waals surface area contributed by atoms with Gasteiger partial charge in [0, 0.05) is 23.8 Å². The monoisotopic (exact) mass is 369 g/mol. The molecule has 3 nitrogen and oxygen atoms in total. The number of ether oxygens (including phenoxy) is 2. The van der Waals surface area contributed by atoms with Gasteiger partial charge in [-0.05, 0) is 55.5 Å². The number of hydrogen-bond donors (Lipinski definition) is 0. The zero-order chi connectivity index (χ0) is 18.8. The number of allylic oxidation sites excluding steroid dienone is 1. The van der Waals surface area contributed by atoms with Gasteiger partial charge in [-0.1, -0.05) is 12.1 Å². The number of methoxy groups -OCH3 is 1. The van der Waals surface area contributed by atoms with Crippen LogP contribution in [0.4, 0.5) is 14.5 Å². The molecule has 1 aliphatic carbocycles. The van der Waals surface area contributed by atoms with E-state index < -0.39 is 11.6 Å². The third-order valence-electron chi connectivity index (χ3n) is 5.03. The average Bonchev–Trinajstić information content (AvgIpc) is 3.30. The van der Waals surface area contributed by atoms with E-state index >= 15 is 0 Å². The molecule has 0 unspecified atom stereocenters. The Hall–Kier alpha value is -2.69. The summed E-state index contributed by atoms with van der Waals surface area (Å²) in [7, 11) is 1.63. The van der Waals surface area contributed by atoms with Crippen molar-refractivity contribution in [3.63, 3.8) is 0 Å². The van der Waals surface area contributed by atoms with Crippen molar-refractivity contribution in [3.8, 4) is 11.5 Å². The molecule has 1 saturated carbocycles. The summed E-state index contributed by atoms with van der Waals surface area (Å²) in [6.07, 6.45) is 8.97. The summed E-state index contributed by atoms with van der Waals surface area (Å²) >= 11 is 0. The Morgan fingerprint density at radius 3 is 2.63 bits per heavy atom. The second-order valence-electron chi connectivity index (χ2n) is 6.91. The topological polar surface area (TPSA) is 30.8 Å².